The average Bonchev–Trinajstić information content (AvgIpc) is 3.26. The summed E-state index contributed by atoms with van der Waals surface area (Å²) in [6.07, 6.45) is 9.43. The zero-order valence-electron chi connectivity index (χ0n) is 19.0. The molecule has 2 unspecified atom stereocenters. The molecule has 4 heterocycles. The molecular formula is C25H33N5O2. The normalized spacial score (nSPS) is 19.2. The number of ether oxygens (including phenoxy) is 1. The van der Waals surface area contributed by atoms with Gasteiger partial charge < -0.3 is 15.0 Å². The molecule has 1 saturated heterocycles. The Morgan fingerprint density at radius 1 is 1.22 bits per heavy atom. The number of rotatable bonds is 9. The van der Waals surface area contributed by atoms with Crippen molar-refractivity contribution in [2.45, 2.75) is 52.0 Å². The number of carbonyl (C=O) groups is 1. The molecule has 0 aromatic carbocycles. The van der Waals surface area contributed by atoms with E-state index in [9.17, 15) is 4.79 Å². The molecule has 0 bridgehead atoms. The third kappa shape index (κ3) is 5.27. The summed E-state index contributed by atoms with van der Waals surface area (Å²) < 4.78 is 5.95. The zero-order chi connectivity index (χ0) is 22.3. The number of pyridine rings is 2. The van der Waals surface area contributed by atoms with Crippen LogP contribution < -0.4 is 10.1 Å². The summed E-state index contributed by atoms with van der Waals surface area (Å²) in [6.45, 7) is 7.46. The second-order valence-corrected chi connectivity index (χ2v) is 8.53. The maximum Gasteiger partial charge on any atom is 0.260 e. The minimum atomic E-state index is -0.249. The summed E-state index contributed by atoms with van der Waals surface area (Å²) in [5.74, 6) is 1.63. The predicted molar refractivity (Wildman–Crippen MR) is 127 cm³/mol. The van der Waals surface area contributed by atoms with Gasteiger partial charge in [0.2, 0.25) is 5.88 Å². The van der Waals surface area contributed by atoms with Crippen molar-refractivity contribution in [2.75, 3.05) is 25.0 Å². The number of aromatic amines is 1. The third-order valence-corrected chi connectivity index (χ3v) is 6.45. The lowest BCUT2D eigenvalue weighted by Gasteiger charge is -2.39. The maximum atomic E-state index is 12.7. The fraction of sp³-hybridized carbons (Fsp3) is 0.480. The Morgan fingerprint density at radius 3 is 2.91 bits per heavy atom. The van der Waals surface area contributed by atoms with Gasteiger partial charge in [-0.1, -0.05) is 26.3 Å². The molecule has 3 aromatic heterocycles. The van der Waals surface area contributed by atoms with Crippen LogP contribution in [0.4, 0.5) is 5.82 Å². The van der Waals surface area contributed by atoms with Crippen molar-refractivity contribution in [1.82, 2.24) is 19.9 Å². The van der Waals surface area contributed by atoms with Crippen LogP contribution in [0.2, 0.25) is 0 Å². The van der Waals surface area contributed by atoms with Crippen molar-refractivity contribution in [1.29, 1.82) is 0 Å². The Balaban J connectivity index is 1.34. The molecule has 1 aliphatic heterocycles. The van der Waals surface area contributed by atoms with Crippen molar-refractivity contribution in [2.24, 2.45) is 5.92 Å². The van der Waals surface area contributed by atoms with Gasteiger partial charge in [0.1, 0.15) is 11.3 Å². The Labute approximate surface area is 189 Å². The predicted octanol–water partition coefficient (Wildman–Crippen LogP) is 4.88. The Hall–Kier alpha value is -2.93. The van der Waals surface area contributed by atoms with E-state index in [0.29, 0.717) is 35.4 Å². The van der Waals surface area contributed by atoms with Crippen molar-refractivity contribution in [3.63, 3.8) is 0 Å². The van der Waals surface area contributed by atoms with Crippen LogP contribution in [0.3, 0.4) is 0 Å². The molecule has 4 rings (SSSR count). The highest BCUT2D eigenvalue weighted by molar-refractivity contribution is 6.11. The summed E-state index contributed by atoms with van der Waals surface area (Å²) in [6, 6.07) is 9.84. The number of amides is 1. The standard InChI is InChI=1S/C25H33N5O2/c1-3-18-9-10-19(4-2)30(17-18)14-7-15-32-23-12-11-21-24(29-23)20(16-27-21)25(31)28-22-8-5-6-13-26-22/h5-6,8,11-13,16,18-19,27H,3-4,7,9-10,14-15,17H2,1-2H3,(H,26,28,31). The van der Waals surface area contributed by atoms with Gasteiger partial charge in [0, 0.05) is 37.6 Å². The van der Waals surface area contributed by atoms with E-state index >= 15 is 0 Å². The molecular weight excluding hydrogens is 402 g/mol. The van der Waals surface area contributed by atoms with Crippen molar-refractivity contribution in [3.8, 4) is 5.88 Å². The number of hydrogen-bond donors (Lipinski definition) is 2. The number of anilines is 1. The third-order valence-electron chi connectivity index (χ3n) is 6.45. The molecule has 0 aliphatic carbocycles. The number of fused-ring (bicyclic) bond motifs is 1. The van der Waals surface area contributed by atoms with E-state index in [0.717, 1.165) is 24.4 Å². The van der Waals surface area contributed by atoms with Crippen LogP contribution in [0.5, 0.6) is 5.88 Å². The van der Waals surface area contributed by atoms with Gasteiger partial charge in [0.05, 0.1) is 17.7 Å². The van der Waals surface area contributed by atoms with E-state index in [4.69, 9.17) is 4.74 Å². The highest BCUT2D eigenvalue weighted by Gasteiger charge is 2.25. The van der Waals surface area contributed by atoms with Gasteiger partial charge in [-0.25, -0.2) is 9.97 Å². The number of likely N-dealkylation sites (tertiary alicyclic amines) is 1. The first kappa shape index (κ1) is 22.3. The molecule has 170 valence electrons. The van der Waals surface area contributed by atoms with E-state index in [1.54, 1.807) is 18.5 Å². The number of carbonyl (C=O) groups excluding carboxylic acids is 1. The van der Waals surface area contributed by atoms with E-state index in [2.05, 4.69) is 39.0 Å². The van der Waals surface area contributed by atoms with Crippen molar-refractivity contribution in [3.05, 3.63) is 48.3 Å². The lowest BCUT2D eigenvalue weighted by atomic mass is 9.90. The number of nitrogens with zero attached hydrogens (tertiary/aromatic N) is 3. The van der Waals surface area contributed by atoms with Gasteiger partial charge in [-0.05, 0) is 49.8 Å². The molecule has 7 nitrogen and oxygen atoms in total. The fourth-order valence-electron chi connectivity index (χ4n) is 4.55. The minimum absolute atomic E-state index is 0.249. The smallest absolute Gasteiger partial charge is 0.260 e. The summed E-state index contributed by atoms with van der Waals surface area (Å²) in [5, 5.41) is 2.81. The summed E-state index contributed by atoms with van der Waals surface area (Å²) >= 11 is 0. The van der Waals surface area contributed by atoms with Crippen LogP contribution in [-0.4, -0.2) is 51.5 Å². The first-order valence-electron chi connectivity index (χ1n) is 11.7. The summed E-state index contributed by atoms with van der Waals surface area (Å²) in [5.41, 5.74) is 1.87. The second kappa shape index (κ2) is 10.6. The van der Waals surface area contributed by atoms with Crippen LogP contribution in [0.15, 0.2) is 42.7 Å². The largest absolute Gasteiger partial charge is 0.478 e. The molecule has 2 atom stereocenters. The number of piperidine rings is 1. The molecule has 1 aliphatic rings. The molecule has 0 saturated carbocycles. The topological polar surface area (TPSA) is 83.1 Å². The van der Waals surface area contributed by atoms with Gasteiger partial charge in [0.25, 0.3) is 5.91 Å². The highest BCUT2D eigenvalue weighted by Crippen LogP contribution is 2.26. The number of hydrogen-bond acceptors (Lipinski definition) is 5. The van der Waals surface area contributed by atoms with E-state index in [1.165, 1.54) is 32.2 Å². The molecule has 32 heavy (non-hydrogen) atoms. The number of nitrogens with one attached hydrogen (secondary N) is 2. The highest BCUT2D eigenvalue weighted by atomic mass is 16.5. The number of H-pyrrole nitrogens is 1. The van der Waals surface area contributed by atoms with Crippen LogP contribution >= 0.6 is 0 Å². The molecule has 7 heteroatoms. The second-order valence-electron chi connectivity index (χ2n) is 8.53. The Morgan fingerprint density at radius 2 is 2.12 bits per heavy atom. The van der Waals surface area contributed by atoms with Gasteiger partial charge in [-0.2, -0.15) is 0 Å². The van der Waals surface area contributed by atoms with Gasteiger partial charge >= 0.3 is 0 Å². The van der Waals surface area contributed by atoms with Crippen LogP contribution in [0.1, 0.15) is 56.3 Å². The van der Waals surface area contributed by atoms with Crippen LogP contribution in [0.25, 0.3) is 11.0 Å². The monoisotopic (exact) mass is 435 g/mol. The van der Waals surface area contributed by atoms with Gasteiger partial charge in [-0.3, -0.25) is 9.69 Å². The van der Waals surface area contributed by atoms with Crippen LogP contribution in [0, 0.1) is 5.92 Å². The Bertz CT molecular complexity index is 1020. The lowest BCUT2D eigenvalue weighted by molar-refractivity contribution is 0.0954. The SMILES string of the molecule is CCC1CCC(CC)N(CCCOc2ccc3[nH]cc(C(=O)Nc4ccccn4)c3n2)C1. The lowest BCUT2D eigenvalue weighted by Crippen LogP contribution is -2.43. The first-order valence-corrected chi connectivity index (χ1v) is 11.7. The first-order chi connectivity index (χ1) is 15.7. The van der Waals surface area contributed by atoms with E-state index in [1.807, 2.05) is 24.3 Å². The molecule has 3 aromatic rings. The molecule has 1 amide bonds. The minimum Gasteiger partial charge on any atom is -0.478 e. The number of aromatic nitrogens is 3. The van der Waals surface area contributed by atoms with Crippen molar-refractivity contribution < 1.29 is 9.53 Å². The fourth-order valence-corrected chi connectivity index (χ4v) is 4.55. The molecule has 1 fully saturated rings. The van der Waals surface area contributed by atoms with Gasteiger partial charge in [0.15, 0.2) is 0 Å². The molecule has 2 N–H and O–H groups in total. The van der Waals surface area contributed by atoms with Crippen LogP contribution in [-0.2, 0) is 0 Å². The quantitative estimate of drug-likeness (QED) is 0.468. The molecule has 0 radical (unpaired) electrons. The van der Waals surface area contributed by atoms with E-state index in [-0.39, 0.29) is 5.91 Å². The molecule has 0 spiro atoms. The van der Waals surface area contributed by atoms with Gasteiger partial charge in [-0.15, -0.1) is 0 Å². The maximum absolute atomic E-state index is 12.7. The summed E-state index contributed by atoms with van der Waals surface area (Å²) in [4.78, 5) is 27.2. The van der Waals surface area contributed by atoms with E-state index < -0.39 is 0 Å². The zero-order valence-corrected chi connectivity index (χ0v) is 19.0. The summed E-state index contributed by atoms with van der Waals surface area (Å²) in [7, 11) is 0. The van der Waals surface area contributed by atoms with Crippen molar-refractivity contribution >= 4 is 22.8 Å². The average molecular weight is 436 g/mol. The Kier molecular flexibility index (Phi) is 7.37.